The van der Waals surface area contributed by atoms with Crippen LogP contribution in [-0.2, 0) is 6.54 Å². The second kappa shape index (κ2) is 7.40. The molecule has 0 radical (unpaired) electrons. The number of hydrogen-bond donors (Lipinski definition) is 3. The minimum Gasteiger partial charge on any atom is -0.387 e. The summed E-state index contributed by atoms with van der Waals surface area (Å²) in [5.41, 5.74) is 1.49. The van der Waals surface area contributed by atoms with Crippen molar-refractivity contribution in [3.05, 3.63) is 50.9 Å². The molecule has 0 fully saturated rings. The van der Waals surface area contributed by atoms with E-state index in [0.717, 1.165) is 10.7 Å². The third-order valence-electron chi connectivity index (χ3n) is 2.79. The van der Waals surface area contributed by atoms with Gasteiger partial charge in [-0.15, -0.1) is 11.3 Å². The molecule has 1 heterocycles. The van der Waals surface area contributed by atoms with Crippen molar-refractivity contribution in [2.75, 3.05) is 6.54 Å². The van der Waals surface area contributed by atoms with E-state index in [-0.39, 0.29) is 12.6 Å². The van der Waals surface area contributed by atoms with E-state index in [0.29, 0.717) is 17.1 Å². The van der Waals surface area contributed by atoms with Crippen molar-refractivity contribution in [1.29, 1.82) is 0 Å². The highest BCUT2D eigenvalue weighted by atomic mass is 35.5. The lowest BCUT2D eigenvalue weighted by molar-refractivity contribution is 0.173. The van der Waals surface area contributed by atoms with E-state index in [1.54, 1.807) is 24.3 Å². The number of hydrogen-bond acceptors (Lipinski definition) is 4. The summed E-state index contributed by atoms with van der Waals surface area (Å²) in [6.07, 6.45) is -0.795. The Morgan fingerprint density at radius 1 is 1.48 bits per heavy atom. The molecule has 2 amide bonds. The molecule has 1 aromatic heterocycles. The van der Waals surface area contributed by atoms with Gasteiger partial charge in [0.2, 0.25) is 0 Å². The van der Waals surface area contributed by atoms with Crippen LogP contribution in [-0.4, -0.2) is 22.7 Å². The number of nitrogens with zero attached hydrogens (tertiary/aromatic N) is 1. The number of carbonyl (C=O) groups is 1. The third-order valence-corrected chi connectivity index (χ3v) is 3.84. The van der Waals surface area contributed by atoms with E-state index in [2.05, 4.69) is 15.6 Å². The number of nitrogens with one attached hydrogen (secondary N) is 2. The van der Waals surface area contributed by atoms with Crippen molar-refractivity contribution in [2.45, 2.75) is 19.6 Å². The van der Waals surface area contributed by atoms with Crippen LogP contribution in [0, 0.1) is 6.92 Å². The quantitative estimate of drug-likeness (QED) is 0.791. The standard InChI is InChI=1S/C14H16ClN3O2S/c1-9-18-12(8-21-9)6-16-14(20)17-7-13(19)10-3-2-4-11(15)5-10/h2-5,8,13,19H,6-7H2,1H3,(H2,16,17,20). The van der Waals surface area contributed by atoms with Gasteiger partial charge in [-0.3, -0.25) is 0 Å². The fourth-order valence-electron chi connectivity index (χ4n) is 1.74. The number of aryl methyl sites for hydroxylation is 1. The first-order valence-corrected chi connectivity index (χ1v) is 7.66. The van der Waals surface area contributed by atoms with Crippen molar-refractivity contribution in [3.8, 4) is 0 Å². The number of halogens is 1. The molecule has 0 aliphatic carbocycles. The van der Waals surface area contributed by atoms with Crippen LogP contribution in [0.2, 0.25) is 5.02 Å². The Bertz CT molecular complexity index is 618. The highest BCUT2D eigenvalue weighted by Crippen LogP contribution is 2.16. The summed E-state index contributed by atoms with van der Waals surface area (Å²) in [5.74, 6) is 0. The van der Waals surface area contributed by atoms with Gasteiger partial charge in [0.25, 0.3) is 0 Å². The third kappa shape index (κ3) is 5.00. The van der Waals surface area contributed by atoms with Crippen molar-refractivity contribution >= 4 is 29.0 Å². The molecule has 1 atom stereocenters. The number of benzene rings is 1. The number of carbonyl (C=O) groups excluding carboxylic acids is 1. The summed E-state index contributed by atoms with van der Waals surface area (Å²) in [6, 6.07) is 6.57. The molecule has 7 heteroatoms. The smallest absolute Gasteiger partial charge is 0.315 e. The Hall–Kier alpha value is -1.63. The van der Waals surface area contributed by atoms with Crippen LogP contribution < -0.4 is 10.6 Å². The number of rotatable bonds is 5. The first-order chi connectivity index (χ1) is 10.0. The number of amides is 2. The van der Waals surface area contributed by atoms with Gasteiger partial charge in [-0.1, -0.05) is 23.7 Å². The summed E-state index contributed by atoms with van der Waals surface area (Å²) < 4.78 is 0. The average Bonchev–Trinajstić information content (AvgIpc) is 2.88. The zero-order valence-electron chi connectivity index (χ0n) is 11.5. The Balaban J connectivity index is 1.75. The van der Waals surface area contributed by atoms with Gasteiger partial charge in [-0.05, 0) is 24.6 Å². The molecule has 3 N–H and O–H groups in total. The van der Waals surface area contributed by atoms with Gasteiger partial charge >= 0.3 is 6.03 Å². The first kappa shape index (κ1) is 15.8. The SMILES string of the molecule is Cc1nc(CNC(=O)NCC(O)c2cccc(Cl)c2)cs1. The van der Waals surface area contributed by atoms with Gasteiger partial charge in [0.15, 0.2) is 0 Å². The number of aliphatic hydroxyl groups excluding tert-OH is 1. The number of aromatic nitrogens is 1. The van der Waals surface area contributed by atoms with E-state index in [1.807, 2.05) is 12.3 Å². The van der Waals surface area contributed by atoms with Crippen LogP contribution in [0.3, 0.4) is 0 Å². The monoisotopic (exact) mass is 325 g/mol. The predicted octanol–water partition coefficient (Wildman–Crippen LogP) is 2.64. The van der Waals surface area contributed by atoms with E-state index in [4.69, 9.17) is 11.6 Å². The van der Waals surface area contributed by atoms with E-state index in [1.165, 1.54) is 11.3 Å². The van der Waals surface area contributed by atoms with Crippen LogP contribution in [0.5, 0.6) is 0 Å². The molecular formula is C14H16ClN3O2S. The molecule has 0 spiro atoms. The maximum Gasteiger partial charge on any atom is 0.315 e. The van der Waals surface area contributed by atoms with Gasteiger partial charge < -0.3 is 15.7 Å². The Morgan fingerprint density at radius 3 is 2.95 bits per heavy atom. The number of urea groups is 1. The molecule has 112 valence electrons. The molecule has 0 saturated carbocycles. The molecule has 2 aromatic rings. The Morgan fingerprint density at radius 2 is 2.29 bits per heavy atom. The fourth-order valence-corrected chi connectivity index (χ4v) is 2.56. The van der Waals surface area contributed by atoms with Crippen LogP contribution in [0.1, 0.15) is 22.4 Å². The maximum absolute atomic E-state index is 11.6. The summed E-state index contributed by atoms with van der Waals surface area (Å²) >= 11 is 7.39. The van der Waals surface area contributed by atoms with Crippen LogP contribution >= 0.6 is 22.9 Å². The molecular weight excluding hydrogens is 310 g/mol. The summed E-state index contributed by atoms with van der Waals surface area (Å²) in [6.45, 7) is 2.39. The highest BCUT2D eigenvalue weighted by molar-refractivity contribution is 7.09. The molecule has 1 aromatic carbocycles. The zero-order valence-corrected chi connectivity index (χ0v) is 13.0. The van der Waals surface area contributed by atoms with E-state index >= 15 is 0 Å². The van der Waals surface area contributed by atoms with Crippen LogP contribution in [0.25, 0.3) is 0 Å². The lowest BCUT2D eigenvalue weighted by Crippen LogP contribution is -2.37. The van der Waals surface area contributed by atoms with Crippen molar-refractivity contribution in [1.82, 2.24) is 15.6 Å². The molecule has 5 nitrogen and oxygen atoms in total. The topological polar surface area (TPSA) is 74.2 Å². The molecule has 0 bridgehead atoms. The first-order valence-electron chi connectivity index (χ1n) is 6.41. The zero-order chi connectivity index (χ0) is 15.2. The second-order valence-corrected chi connectivity index (χ2v) is 5.99. The molecule has 0 saturated heterocycles. The van der Waals surface area contributed by atoms with E-state index in [9.17, 15) is 9.90 Å². The van der Waals surface area contributed by atoms with Gasteiger partial charge in [0, 0.05) is 16.9 Å². The van der Waals surface area contributed by atoms with Crippen LogP contribution in [0.4, 0.5) is 4.79 Å². The average molecular weight is 326 g/mol. The Kier molecular flexibility index (Phi) is 5.55. The van der Waals surface area contributed by atoms with Crippen LogP contribution in [0.15, 0.2) is 29.6 Å². The van der Waals surface area contributed by atoms with Crippen molar-refractivity contribution < 1.29 is 9.90 Å². The largest absolute Gasteiger partial charge is 0.387 e. The summed E-state index contributed by atoms with van der Waals surface area (Å²) in [4.78, 5) is 15.9. The second-order valence-electron chi connectivity index (χ2n) is 4.49. The molecule has 21 heavy (non-hydrogen) atoms. The molecule has 1 unspecified atom stereocenters. The normalized spacial score (nSPS) is 12.0. The lowest BCUT2D eigenvalue weighted by atomic mass is 10.1. The summed E-state index contributed by atoms with van der Waals surface area (Å²) in [5, 5.41) is 18.7. The molecule has 0 aliphatic heterocycles. The number of aliphatic hydroxyl groups is 1. The Labute approximate surface area is 132 Å². The van der Waals surface area contributed by atoms with Crippen molar-refractivity contribution in [2.24, 2.45) is 0 Å². The van der Waals surface area contributed by atoms with Crippen molar-refractivity contribution in [3.63, 3.8) is 0 Å². The molecule has 2 rings (SSSR count). The maximum atomic E-state index is 11.6. The predicted molar refractivity (Wildman–Crippen MR) is 83.5 cm³/mol. The van der Waals surface area contributed by atoms with E-state index < -0.39 is 6.10 Å². The van der Waals surface area contributed by atoms with Gasteiger partial charge in [-0.2, -0.15) is 0 Å². The van der Waals surface area contributed by atoms with Gasteiger partial charge in [0.1, 0.15) is 0 Å². The van der Waals surface area contributed by atoms with Gasteiger partial charge in [0.05, 0.1) is 23.4 Å². The van der Waals surface area contributed by atoms with Gasteiger partial charge in [-0.25, -0.2) is 9.78 Å². The minimum absolute atomic E-state index is 0.113. The molecule has 0 aliphatic rings. The lowest BCUT2D eigenvalue weighted by Gasteiger charge is -2.13. The minimum atomic E-state index is -0.795. The summed E-state index contributed by atoms with van der Waals surface area (Å²) in [7, 11) is 0. The highest BCUT2D eigenvalue weighted by Gasteiger charge is 2.10. The number of thiazole rings is 1. The fraction of sp³-hybridized carbons (Fsp3) is 0.286.